The number of hydrogen-bond acceptors (Lipinski definition) is 2. The van der Waals surface area contributed by atoms with Gasteiger partial charge in [-0.05, 0) is 43.7 Å². The number of carbonyl (C=O) groups is 1. The second-order valence-electron chi connectivity index (χ2n) is 4.52. The quantitative estimate of drug-likeness (QED) is 0.863. The van der Waals surface area contributed by atoms with Crippen LogP contribution >= 0.6 is 15.9 Å². The van der Waals surface area contributed by atoms with Crippen LogP contribution in [-0.2, 0) is 0 Å². The van der Waals surface area contributed by atoms with Crippen molar-refractivity contribution in [2.75, 3.05) is 17.2 Å². The molecule has 0 aliphatic heterocycles. The summed E-state index contributed by atoms with van der Waals surface area (Å²) in [4.78, 5) is 14.4. The zero-order valence-electron chi connectivity index (χ0n) is 11.6. The highest BCUT2D eigenvalue weighted by Crippen LogP contribution is 2.26. The van der Waals surface area contributed by atoms with Crippen LogP contribution in [0.25, 0.3) is 0 Å². The molecule has 2 N–H and O–H groups in total. The van der Waals surface area contributed by atoms with Gasteiger partial charge >= 0.3 is 0 Å². The molecule has 0 saturated heterocycles. The van der Waals surface area contributed by atoms with E-state index in [9.17, 15) is 4.79 Å². The lowest BCUT2D eigenvalue weighted by Gasteiger charge is -2.23. The lowest BCUT2D eigenvalue weighted by atomic mass is 10.1. The van der Waals surface area contributed by atoms with Crippen LogP contribution in [0.1, 0.15) is 22.8 Å². The van der Waals surface area contributed by atoms with Gasteiger partial charge in [-0.25, -0.2) is 0 Å². The number of benzene rings is 2. The fourth-order valence-corrected chi connectivity index (χ4v) is 2.51. The lowest BCUT2D eigenvalue weighted by molar-refractivity contribution is 0.0988. The number of nitrogens with two attached hydrogens (primary N) is 1. The fourth-order valence-electron chi connectivity index (χ4n) is 2.14. The summed E-state index contributed by atoms with van der Waals surface area (Å²) < 4.78 is 0.931. The molecule has 0 aliphatic carbocycles. The first-order valence-electron chi connectivity index (χ1n) is 6.47. The molecule has 2 rings (SSSR count). The van der Waals surface area contributed by atoms with Crippen LogP contribution < -0.4 is 10.6 Å². The van der Waals surface area contributed by atoms with E-state index in [4.69, 9.17) is 5.73 Å². The summed E-state index contributed by atoms with van der Waals surface area (Å²) >= 11 is 3.46. The van der Waals surface area contributed by atoms with E-state index in [1.165, 1.54) is 0 Å². The summed E-state index contributed by atoms with van der Waals surface area (Å²) in [6, 6.07) is 13.1. The molecule has 0 unspecified atom stereocenters. The van der Waals surface area contributed by atoms with E-state index in [-0.39, 0.29) is 5.91 Å². The average Bonchev–Trinajstić information content (AvgIpc) is 2.44. The monoisotopic (exact) mass is 332 g/mol. The molecule has 2 aromatic carbocycles. The summed E-state index contributed by atoms with van der Waals surface area (Å²) in [5, 5.41) is 0. The molecule has 0 heterocycles. The van der Waals surface area contributed by atoms with Crippen molar-refractivity contribution in [3.05, 3.63) is 58.1 Å². The van der Waals surface area contributed by atoms with E-state index >= 15 is 0 Å². The molecule has 0 atom stereocenters. The topological polar surface area (TPSA) is 46.3 Å². The maximum atomic E-state index is 12.8. The predicted molar refractivity (Wildman–Crippen MR) is 87.1 cm³/mol. The van der Waals surface area contributed by atoms with E-state index in [0.29, 0.717) is 17.8 Å². The summed E-state index contributed by atoms with van der Waals surface area (Å²) in [6.45, 7) is 4.44. The second kappa shape index (κ2) is 6.09. The zero-order chi connectivity index (χ0) is 14.7. The third-order valence-corrected chi connectivity index (χ3v) is 4.15. The maximum absolute atomic E-state index is 12.8. The van der Waals surface area contributed by atoms with Gasteiger partial charge in [-0.3, -0.25) is 4.79 Å². The van der Waals surface area contributed by atoms with Crippen LogP contribution in [0.4, 0.5) is 11.4 Å². The Morgan fingerprint density at radius 3 is 2.55 bits per heavy atom. The highest BCUT2D eigenvalue weighted by Gasteiger charge is 2.20. The molecule has 0 saturated carbocycles. The molecule has 20 heavy (non-hydrogen) atoms. The number of para-hydroxylation sites is 2. The first-order chi connectivity index (χ1) is 9.56. The van der Waals surface area contributed by atoms with Crippen LogP contribution in [0.15, 0.2) is 46.9 Å². The number of carbonyl (C=O) groups excluding carboxylic acids is 1. The molecular formula is C16H17BrN2O. The van der Waals surface area contributed by atoms with Gasteiger partial charge in [0.15, 0.2) is 0 Å². The molecule has 0 radical (unpaired) electrons. The van der Waals surface area contributed by atoms with Crippen molar-refractivity contribution in [1.29, 1.82) is 0 Å². The number of nitrogen functional groups attached to an aromatic ring is 1. The van der Waals surface area contributed by atoms with Crippen molar-refractivity contribution in [3.63, 3.8) is 0 Å². The molecule has 1 amide bonds. The van der Waals surface area contributed by atoms with Crippen molar-refractivity contribution in [2.45, 2.75) is 13.8 Å². The molecule has 0 aromatic heterocycles. The van der Waals surface area contributed by atoms with Gasteiger partial charge in [0.25, 0.3) is 5.91 Å². The van der Waals surface area contributed by atoms with Gasteiger partial charge in [-0.15, -0.1) is 0 Å². The average molecular weight is 333 g/mol. The molecule has 2 aromatic rings. The van der Waals surface area contributed by atoms with Gasteiger partial charge in [-0.2, -0.15) is 0 Å². The van der Waals surface area contributed by atoms with E-state index < -0.39 is 0 Å². The third kappa shape index (κ3) is 2.70. The number of amides is 1. The number of hydrogen-bond donors (Lipinski definition) is 1. The largest absolute Gasteiger partial charge is 0.397 e. The minimum absolute atomic E-state index is 0.0378. The summed E-state index contributed by atoms with van der Waals surface area (Å²) in [6.07, 6.45) is 0. The highest BCUT2D eigenvalue weighted by atomic mass is 79.9. The second-order valence-corrected chi connectivity index (χ2v) is 5.37. The zero-order valence-corrected chi connectivity index (χ0v) is 13.1. The Morgan fingerprint density at radius 1 is 1.20 bits per heavy atom. The van der Waals surface area contributed by atoms with Gasteiger partial charge in [-0.1, -0.05) is 34.1 Å². The summed E-state index contributed by atoms with van der Waals surface area (Å²) in [5.41, 5.74) is 8.95. The number of anilines is 2. The van der Waals surface area contributed by atoms with E-state index in [2.05, 4.69) is 15.9 Å². The van der Waals surface area contributed by atoms with Crippen molar-refractivity contribution >= 4 is 33.2 Å². The van der Waals surface area contributed by atoms with Gasteiger partial charge in [0, 0.05) is 16.6 Å². The Kier molecular flexibility index (Phi) is 4.45. The molecule has 0 bridgehead atoms. The highest BCUT2D eigenvalue weighted by molar-refractivity contribution is 9.10. The number of halogens is 1. The van der Waals surface area contributed by atoms with E-state index in [0.717, 1.165) is 15.7 Å². The van der Waals surface area contributed by atoms with Crippen LogP contribution in [-0.4, -0.2) is 12.5 Å². The SMILES string of the molecule is CCN(C(=O)c1cccc(Br)c1C)c1ccccc1N. The van der Waals surface area contributed by atoms with Gasteiger partial charge < -0.3 is 10.6 Å². The lowest BCUT2D eigenvalue weighted by Crippen LogP contribution is -2.31. The molecule has 0 fully saturated rings. The first-order valence-corrected chi connectivity index (χ1v) is 7.27. The van der Waals surface area contributed by atoms with E-state index in [1.807, 2.05) is 50.2 Å². The molecule has 0 spiro atoms. The van der Waals surface area contributed by atoms with Gasteiger partial charge in [0.2, 0.25) is 0 Å². The summed E-state index contributed by atoms with van der Waals surface area (Å²) in [7, 11) is 0. The van der Waals surface area contributed by atoms with E-state index in [1.54, 1.807) is 11.0 Å². The molecule has 0 aliphatic rings. The van der Waals surface area contributed by atoms with Gasteiger partial charge in [0.1, 0.15) is 0 Å². The molecule has 104 valence electrons. The predicted octanol–water partition coefficient (Wildman–Crippen LogP) is 4.01. The fraction of sp³-hybridized carbons (Fsp3) is 0.188. The Hall–Kier alpha value is -1.81. The Bertz CT molecular complexity index is 640. The van der Waals surface area contributed by atoms with Crippen molar-refractivity contribution < 1.29 is 4.79 Å². The molecule has 4 heteroatoms. The first kappa shape index (κ1) is 14.6. The van der Waals surface area contributed by atoms with Crippen molar-refractivity contribution in [1.82, 2.24) is 0 Å². The molecular weight excluding hydrogens is 316 g/mol. The number of rotatable bonds is 3. The number of nitrogens with zero attached hydrogens (tertiary/aromatic N) is 1. The smallest absolute Gasteiger partial charge is 0.258 e. The van der Waals surface area contributed by atoms with Crippen LogP contribution in [0, 0.1) is 6.92 Å². The summed E-state index contributed by atoms with van der Waals surface area (Å²) in [5.74, 6) is -0.0378. The van der Waals surface area contributed by atoms with Crippen molar-refractivity contribution in [3.8, 4) is 0 Å². The maximum Gasteiger partial charge on any atom is 0.258 e. The Labute approximate surface area is 127 Å². The minimum Gasteiger partial charge on any atom is -0.397 e. The standard InChI is InChI=1S/C16H17BrN2O/c1-3-19(15-10-5-4-9-14(15)18)16(20)12-7-6-8-13(17)11(12)2/h4-10H,3,18H2,1-2H3. The normalized spacial score (nSPS) is 10.3. The Balaban J connectivity index is 2.45. The molecule has 3 nitrogen and oxygen atoms in total. The van der Waals surface area contributed by atoms with Crippen LogP contribution in [0.2, 0.25) is 0 Å². The van der Waals surface area contributed by atoms with Gasteiger partial charge in [0.05, 0.1) is 11.4 Å². The van der Waals surface area contributed by atoms with Crippen LogP contribution in [0.3, 0.4) is 0 Å². The Morgan fingerprint density at radius 2 is 1.90 bits per heavy atom. The minimum atomic E-state index is -0.0378. The van der Waals surface area contributed by atoms with Crippen molar-refractivity contribution in [2.24, 2.45) is 0 Å². The third-order valence-electron chi connectivity index (χ3n) is 3.29. The van der Waals surface area contributed by atoms with Crippen LogP contribution in [0.5, 0.6) is 0 Å².